The van der Waals surface area contributed by atoms with E-state index in [1.807, 2.05) is 13.0 Å². The summed E-state index contributed by atoms with van der Waals surface area (Å²) in [6.07, 6.45) is 4.66. The van der Waals surface area contributed by atoms with E-state index in [2.05, 4.69) is 21.1 Å². The fraction of sp³-hybridized carbons (Fsp3) is 0.0667. The quantitative estimate of drug-likeness (QED) is 0.405. The van der Waals surface area contributed by atoms with Gasteiger partial charge < -0.3 is 15.8 Å². The van der Waals surface area contributed by atoms with E-state index in [9.17, 15) is 8.78 Å². The predicted molar refractivity (Wildman–Crippen MR) is 76.3 cm³/mol. The van der Waals surface area contributed by atoms with Crippen molar-refractivity contribution in [1.29, 1.82) is 0 Å². The van der Waals surface area contributed by atoms with Crippen LogP contribution in [0.25, 0.3) is 17.2 Å². The van der Waals surface area contributed by atoms with Gasteiger partial charge in [0, 0.05) is 37.9 Å². The molecule has 2 aromatic heterocycles. The van der Waals surface area contributed by atoms with Crippen LogP contribution in [0.3, 0.4) is 0 Å². The molecule has 0 spiro atoms. The van der Waals surface area contributed by atoms with Crippen LogP contribution in [-0.2, 0) is 20.1 Å². The molecule has 3 aromatic rings. The maximum absolute atomic E-state index is 13.4. The molecule has 8 heteroatoms. The van der Waals surface area contributed by atoms with Crippen molar-refractivity contribution in [2.24, 2.45) is 0 Å². The molecule has 0 fully saturated rings. The van der Waals surface area contributed by atoms with Crippen LogP contribution >= 0.6 is 0 Å². The van der Waals surface area contributed by atoms with Gasteiger partial charge in [0.25, 0.3) is 0 Å². The molecule has 0 bridgehead atoms. The van der Waals surface area contributed by atoms with Gasteiger partial charge in [0.2, 0.25) is 0 Å². The zero-order valence-electron chi connectivity index (χ0n) is 12.0. The summed E-state index contributed by atoms with van der Waals surface area (Å²) in [6.45, 7) is 1.88. The van der Waals surface area contributed by atoms with Crippen molar-refractivity contribution in [2.45, 2.75) is 6.92 Å². The summed E-state index contributed by atoms with van der Waals surface area (Å²) in [6, 6.07) is 9.68. The summed E-state index contributed by atoms with van der Waals surface area (Å²) in [5.41, 5.74) is 1.63. The zero-order valence-corrected chi connectivity index (χ0v) is 14.4. The fourth-order valence-electron chi connectivity index (χ4n) is 1.62. The Labute approximate surface area is 145 Å². The van der Waals surface area contributed by atoms with Gasteiger partial charge in [0.1, 0.15) is 0 Å². The molecule has 0 saturated heterocycles. The number of halogens is 2. The van der Waals surface area contributed by atoms with Gasteiger partial charge in [-0.25, -0.2) is 0 Å². The number of rotatable bonds is 2. The first kappa shape index (κ1) is 18.9. The van der Waals surface area contributed by atoms with Crippen LogP contribution in [0.5, 0.6) is 0 Å². The van der Waals surface area contributed by atoms with Gasteiger partial charge >= 0.3 is 0 Å². The number of aryl methyl sites for hydroxylation is 1. The Bertz CT molecular complexity index is 738. The van der Waals surface area contributed by atoms with Crippen LogP contribution in [0.15, 0.2) is 48.9 Å². The molecule has 2 heterocycles. The Balaban J connectivity index is 0.000000280. The van der Waals surface area contributed by atoms with Crippen LogP contribution < -0.4 is 4.94 Å². The average Bonchev–Trinajstić information content (AvgIpc) is 3.01. The molecule has 1 aromatic carbocycles. The third-order valence-electron chi connectivity index (χ3n) is 2.60. The Morgan fingerprint density at radius 3 is 2.57 bits per heavy atom. The molecule has 123 valence electrons. The van der Waals surface area contributed by atoms with Gasteiger partial charge in [-0.3, -0.25) is 8.78 Å². The first-order chi connectivity index (χ1) is 10.6. The molecule has 0 atom stereocenters. The van der Waals surface area contributed by atoms with Crippen LogP contribution in [0.1, 0.15) is 5.56 Å². The minimum absolute atomic E-state index is 0. The molecular weight excluding hydrogens is 482 g/mol. The number of benzene rings is 1. The van der Waals surface area contributed by atoms with E-state index in [1.54, 1.807) is 18.3 Å². The number of hydrogen-bond donors (Lipinski definition) is 0. The Hall–Kier alpha value is -2.15. The number of hydrogen-bond acceptors (Lipinski definition) is 3. The van der Waals surface area contributed by atoms with Crippen molar-refractivity contribution in [2.75, 3.05) is 0 Å². The Morgan fingerprint density at radius 1 is 1.26 bits per heavy atom. The minimum Gasteiger partial charge on any atom is -0.490 e. The number of nitrogens with one attached hydrogen (secondary N) is 1. The van der Waals surface area contributed by atoms with Crippen molar-refractivity contribution < 1.29 is 33.8 Å². The van der Waals surface area contributed by atoms with E-state index in [0.717, 1.165) is 22.5 Å². The number of aromatic nitrogens is 3. The summed E-state index contributed by atoms with van der Waals surface area (Å²) in [7, 11) is 0. The summed E-state index contributed by atoms with van der Waals surface area (Å²) in [4.78, 5) is 8.96. The van der Waals surface area contributed by atoms with Gasteiger partial charge in [-0.05, 0) is 24.8 Å². The predicted octanol–water partition coefficient (Wildman–Crippen LogP) is 3.41. The molecule has 3 rings (SSSR count). The molecule has 0 unspecified atom stereocenters. The Kier molecular flexibility index (Phi) is 7.47. The maximum atomic E-state index is 13.4. The molecule has 0 saturated carbocycles. The summed E-state index contributed by atoms with van der Waals surface area (Å²) in [5, 5.41) is 3.54. The van der Waals surface area contributed by atoms with Crippen molar-refractivity contribution in [1.82, 2.24) is 14.9 Å². The minimum atomic E-state index is -0.645. The summed E-state index contributed by atoms with van der Waals surface area (Å²) in [5.74, 6) is 4.98. The van der Waals surface area contributed by atoms with Gasteiger partial charge in [-0.1, -0.05) is 23.3 Å². The van der Waals surface area contributed by atoms with Gasteiger partial charge in [0.15, 0.2) is 0 Å². The second kappa shape index (κ2) is 9.09. The maximum Gasteiger partial charge on any atom is 0.0652 e. The van der Waals surface area contributed by atoms with E-state index in [4.69, 9.17) is 5.90 Å². The summed E-state index contributed by atoms with van der Waals surface area (Å²) < 4.78 is 26.0. The molecule has 0 amide bonds. The van der Waals surface area contributed by atoms with Crippen LogP contribution in [-0.4, -0.2) is 14.9 Å². The van der Waals surface area contributed by atoms with Crippen molar-refractivity contribution in [3.8, 4) is 11.3 Å². The number of pyridine rings is 1. The molecule has 0 aliphatic rings. The van der Waals surface area contributed by atoms with E-state index < -0.39 is 11.6 Å². The fourth-order valence-corrected chi connectivity index (χ4v) is 1.62. The van der Waals surface area contributed by atoms with E-state index in [0.29, 0.717) is 5.69 Å². The van der Waals surface area contributed by atoms with Gasteiger partial charge in [0.05, 0.1) is 12.4 Å². The van der Waals surface area contributed by atoms with Crippen LogP contribution in [0.4, 0.5) is 8.78 Å². The Morgan fingerprint density at radius 2 is 2.04 bits per heavy atom. The number of nitrogens with zero attached hydrogens (tertiary/aromatic N) is 3. The molecule has 5 nitrogen and oxygen atoms in total. The average molecular weight is 495 g/mol. The molecule has 0 aliphatic heterocycles. The van der Waals surface area contributed by atoms with E-state index in [1.165, 1.54) is 12.4 Å². The van der Waals surface area contributed by atoms with E-state index in [-0.39, 0.29) is 25.7 Å². The molecular formula is C15H12F2IrN4O-2. The normalized spacial score (nSPS) is 9.39. The SMILES string of the molecule is Cc1ccnc(-c2[c-]cc(F)cc2F)c1.[Ir].[NH-]On1cccn1. The van der Waals surface area contributed by atoms with Crippen molar-refractivity contribution >= 4 is 0 Å². The first-order valence-corrected chi connectivity index (χ1v) is 6.23. The zero-order chi connectivity index (χ0) is 15.9. The molecule has 23 heavy (non-hydrogen) atoms. The third kappa shape index (κ3) is 5.52. The van der Waals surface area contributed by atoms with Gasteiger partial charge in [-0.15, -0.1) is 22.1 Å². The van der Waals surface area contributed by atoms with Crippen LogP contribution in [0, 0.1) is 24.6 Å². The topological polar surface area (TPSA) is 63.7 Å². The second-order valence-electron chi connectivity index (χ2n) is 4.26. The van der Waals surface area contributed by atoms with Crippen LogP contribution in [0.2, 0.25) is 0 Å². The molecule has 1 radical (unpaired) electrons. The smallest absolute Gasteiger partial charge is 0.0652 e. The van der Waals surface area contributed by atoms with Crippen molar-refractivity contribution in [3.05, 3.63) is 78.1 Å². The molecule has 0 aliphatic carbocycles. The first-order valence-electron chi connectivity index (χ1n) is 6.23. The third-order valence-corrected chi connectivity index (χ3v) is 2.60. The molecule has 1 N–H and O–H groups in total. The monoisotopic (exact) mass is 495 g/mol. The van der Waals surface area contributed by atoms with Gasteiger partial charge in [-0.2, -0.15) is 0 Å². The summed E-state index contributed by atoms with van der Waals surface area (Å²) >= 11 is 0. The van der Waals surface area contributed by atoms with Crippen molar-refractivity contribution in [3.63, 3.8) is 0 Å². The van der Waals surface area contributed by atoms with E-state index >= 15 is 0 Å². The second-order valence-corrected chi connectivity index (χ2v) is 4.26. The largest absolute Gasteiger partial charge is 0.490 e. The standard InChI is InChI=1S/C12H8F2N.C3H4N3O.Ir/c1-8-4-5-15-12(6-8)10-3-2-9(13)7-11(10)14;4-7-6-3-1-2-5-6;/h2,4-7H,1H3;1-4H;/q2*-1;.